The Kier molecular flexibility index (Phi) is 3.06. The first-order chi connectivity index (χ1) is 8.02. The lowest BCUT2D eigenvalue weighted by Crippen LogP contribution is -2.55. The molecular weight excluding hydrogens is 240 g/mol. The number of carbonyl (C=O) groups is 2. The van der Waals surface area contributed by atoms with Crippen molar-refractivity contribution in [2.45, 2.75) is 25.3 Å². The second-order valence-corrected chi connectivity index (χ2v) is 5.15. The van der Waals surface area contributed by atoms with E-state index in [1.54, 1.807) is 18.4 Å². The van der Waals surface area contributed by atoms with E-state index in [1.165, 1.54) is 11.3 Å². The van der Waals surface area contributed by atoms with Crippen LogP contribution in [0.1, 0.15) is 19.8 Å². The Bertz CT molecular complexity index is 428. The Morgan fingerprint density at radius 3 is 2.71 bits per heavy atom. The molecule has 0 bridgehead atoms. The van der Waals surface area contributed by atoms with Crippen molar-refractivity contribution in [3.8, 4) is 0 Å². The minimum atomic E-state index is -1.17. The third-order valence-electron chi connectivity index (χ3n) is 2.99. The van der Waals surface area contributed by atoms with Crippen LogP contribution in [0, 0.1) is 5.92 Å². The molecule has 5 nitrogen and oxygen atoms in total. The van der Waals surface area contributed by atoms with E-state index in [4.69, 9.17) is 0 Å². The van der Waals surface area contributed by atoms with Crippen LogP contribution in [0.4, 0.5) is 10.5 Å². The van der Waals surface area contributed by atoms with Crippen molar-refractivity contribution in [3.05, 3.63) is 16.8 Å². The van der Waals surface area contributed by atoms with Gasteiger partial charge in [-0.25, -0.2) is 9.59 Å². The summed E-state index contributed by atoms with van der Waals surface area (Å²) in [7, 11) is 0. The van der Waals surface area contributed by atoms with Crippen LogP contribution >= 0.6 is 11.3 Å². The highest BCUT2D eigenvalue weighted by Crippen LogP contribution is 2.39. The van der Waals surface area contributed by atoms with Crippen LogP contribution in [0.15, 0.2) is 16.8 Å². The van der Waals surface area contributed by atoms with Crippen LogP contribution in [-0.4, -0.2) is 22.6 Å². The summed E-state index contributed by atoms with van der Waals surface area (Å²) >= 11 is 1.47. The second kappa shape index (κ2) is 4.37. The summed E-state index contributed by atoms with van der Waals surface area (Å²) in [5.41, 5.74) is -0.490. The van der Waals surface area contributed by atoms with Crippen LogP contribution in [0.5, 0.6) is 0 Å². The quantitative estimate of drug-likeness (QED) is 0.770. The lowest BCUT2D eigenvalue weighted by molar-refractivity contribution is -0.144. The Balaban J connectivity index is 1.99. The van der Waals surface area contributed by atoms with E-state index in [2.05, 4.69) is 10.6 Å². The zero-order valence-electron chi connectivity index (χ0n) is 9.40. The molecular formula is C11H14N2O3S. The molecule has 1 aromatic heterocycles. The molecule has 0 radical (unpaired) electrons. The van der Waals surface area contributed by atoms with Gasteiger partial charge in [0, 0.05) is 5.38 Å². The van der Waals surface area contributed by atoms with Crippen molar-refractivity contribution >= 4 is 29.0 Å². The molecule has 92 valence electrons. The molecule has 17 heavy (non-hydrogen) atoms. The fourth-order valence-electron chi connectivity index (χ4n) is 1.72. The molecule has 1 aromatic rings. The number of amides is 2. The minimum absolute atomic E-state index is 0.0354. The van der Waals surface area contributed by atoms with E-state index in [1.807, 2.05) is 5.38 Å². The summed E-state index contributed by atoms with van der Waals surface area (Å²) in [5, 5.41) is 18.0. The van der Waals surface area contributed by atoms with Crippen molar-refractivity contribution in [1.82, 2.24) is 5.32 Å². The van der Waals surface area contributed by atoms with Gasteiger partial charge in [-0.2, -0.15) is 11.3 Å². The number of nitrogens with one attached hydrogen (secondary N) is 2. The summed E-state index contributed by atoms with van der Waals surface area (Å²) in [6, 6.07) is 1.29. The number of hydrogen-bond acceptors (Lipinski definition) is 3. The maximum Gasteiger partial charge on any atom is 0.329 e. The molecule has 1 heterocycles. The first-order valence-corrected chi connectivity index (χ1v) is 6.31. The van der Waals surface area contributed by atoms with Gasteiger partial charge in [-0.05, 0) is 37.1 Å². The standard InChI is InChI=1S/C11H14N2O3S/c1-11(9(14)15,7-2-3-7)13-10(16)12-8-4-5-17-6-8/h4-7H,2-3H2,1H3,(H,14,15)(H2,12,13,16). The lowest BCUT2D eigenvalue weighted by Gasteiger charge is -2.26. The van der Waals surface area contributed by atoms with Gasteiger partial charge in [0.2, 0.25) is 0 Å². The average molecular weight is 254 g/mol. The second-order valence-electron chi connectivity index (χ2n) is 4.37. The molecule has 0 aliphatic heterocycles. The highest BCUT2D eigenvalue weighted by Gasteiger charge is 2.48. The maximum atomic E-state index is 11.7. The predicted molar refractivity (Wildman–Crippen MR) is 65.2 cm³/mol. The van der Waals surface area contributed by atoms with Crippen LogP contribution in [-0.2, 0) is 4.79 Å². The van der Waals surface area contributed by atoms with Crippen LogP contribution in [0.3, 0.4) is 0 Å². The fraction of sp³-hybridized carbons (Fsp3) is 0.455. The third-order valence-corrected chi connectivity index (χ3v) is 3.67. The number of rotatable bonds is 4. The number of carbonyl (C=O) groups excluding carboxylic acids is 1. The van der Waals surface area contributed by atoms with Crippen LogP contribution < -0.4 is 10.6 Å². The van der Waals surface area contributed by atoms with E-state index in [0.29, 0.717) is 5.69 Å². The van der Waals surface area contributed by atoms with Crippen molar-refractivity contribution in [1.29, 1.82) is 0 Å². The van der Waals surface area contributed by atoms with Crippen molar-refractivity contribution < 1.29 is 14.7 Å². The number of anilines is 1. The van der Waals surface area contributed by atoms with Gasteiger partial charge < -0.3 is 15.7 Å². The molecule has 2 amide bonds. The summed E-state index contributed by atoms with van der Waals surface area (Å²) in [6.45, 7) is 1.56. The number of carboxylic acid groups (broad SMARTS) is 1. The Morgan fingerprint density at radius 1 is 1.53 bits per heavy atom. The van der Waals surface area contributed by atoms with Crippen molar-refractivity contribution in [2.24, 2.45) is 5.92 Å². The van der Waals surface area contributed by atoms with E-state index >= 15 is 0 Å². The van der Waals surface area contributed by atoms with Gasteiger partial charge >= 0.3 is 12.0 Å². The molecule has 1 atom stereocenters. The molecule has 1 aliphatic rings. The largest absolute Gasteiger partial charge is 0.480 e. The van der Waals surface area contributed by atoms with Crippen LogP contribution in [0.2, 0.25) is 0 Å². The zero-order valence-corrected chi connectivity index (χ0v) is 10.2. The molecule has 1 fully saturated rings. The molecule has 6 heteroatoms. The van der Waals surface area contributed by atoms with Gasteiger partial charge in [0.1, 0.15) is 5.54 Å². The number of hydrogen-bond donors (Lipinski definition) is 3. The van der Waals surface area contributed by atoms with Gasteiger partial charge in [0.25, 0.3) is 0 Å². The fourth-order valence-corrected chi connectivity index (χ4v) is 2.31. The molecule has 2 rings (SSSR count). The Morgan fingerprint density at radius 2 is 2.24 bits per heavy atom. The van der Waals surface area contributed by atoms with E-state index < -0.39 is 17.5 Å². The number of aliphatic carboxylic acids is 1. The summed E-state index contributed by atoms with van der Waals surface area (Å²) in [6.07, 6.45) is 1.70. The SMILES string of the molecule is CC(NC(=O)Nc1ccsc1)(C(=O)O)C1CC1. The van der Waals surface area contributed by atoms with Gasteiger partial charge in [-0.3, -0.25) is 0 Å². The maximum absolute atomic E-state index is 11.7. The summed E-state index contributed by atoms with van der Waals surface area (Å²) in [4.78, 5) is 22.9. The highest BCUT2D eigenvalue weighted by molar-refractivity contribution is 7.08. The predicted octanol–water partition coefficient (Wildman–Crippen LogP) is 2.12. The average Bonchev–Trinajstić information content (AvgIpc) is 2.99. The number of carboxylic acids is 1. The van der Waals surface area contributed by atoms with E-state index in [-0.39, 0.29) is 5.92 Å². The molecule has 1 aliphatic carbocycles. The van der Waals surface area contributed by atoms with Gasteiger partial charge in [0.05, 0.1) is 5.69 Å². The monoisotopic (exact) mass is 254 g/mol. The number of thiophene rings is 1. The molecule has 0 saturated heterocycles. The Hall–Kier alpha value is -1.56. The van der Waals surface area contributed by atoms with E-state index in [0.717, 1.165) is 12.8 Å². The first kappa shape index (κ1) is 11.9. The smallest absolute Gasteiger partial charge is 0.329 e. The first-order valence-electron chi connectivity index (χ1n) is 5.37. The zero-order chi connectivity index (χ0) is 12.5. The van der Waals surface area contributed by atoms with E-state index in [9.17, 15) is 14.7 Å². The summed E-state index contributed by atoms with van der Waals surface area (Å²) in [5.74, 6) is -0.950. The van der Waals surface area contributed by atoms with Crippen molar-refractivity contribution in [3.63, 3.8) is 0 Å². The third kappa shape index (κ3) is 2.58. The lowest BCUT2D eigenvalue weighted by atomic mass is 9.96. The molecule has 1 unspecified atom stereocenters. The highest BCUT2D eigenvalue weighted by atomic mass is 32.1. The molecule has 0 aromatic carbocycles. The minimum Gasteiger partial charge on any atom is -0.480 e. The topological polar surface area (TPSA) is 78.4 Å². The molecule has 3 N–H and O–H groups in total. The van der Waals surface area contributed by atoms with Crippen LogP contribution in [0.25, 0.3) is 0 Å². The van der Waals surface area contributed by atoms with Gasteiger partial charge in [0.15, 0.2) is 0 Å². The van der Waals surface area contributed by atoms with Gasteiger partial charge in [-0.15, -0.1) is 0 Å². The normalized spacial score (nSPS) is 18.2. The van der Waals surface area contributed by atoms with Gasteiger partial charge in [-0.1, -0.05) is 0 Å². The molecule has 1 saturated carbocycles. The number of urea groups is 1. The van der Waals surface area contributed by atoms with Crippen molar-refractivity contribution in [2.75, 3.05) is 5.32 Å². The molecule has 0 spiro atoms. The Labute approximate surface area is 103 Å². The summed E-state index contributed by atoms with van der Waals surface area (Å²) < 4.78 is 0.